The number of allylic oxidation sites excluding steroid dienone is 2. The summed E-state index contributed by atoms with van der Waals surface area (Å²) in [5.41, 5.74) is 0. The van der Waals surface area contributed by atoms with Gasteiger partial charge in [-0.05, 0) is 44.7 Å². The summed E-state index contributed by atoms with van der Waals surface area (Å²) in [7, 11) is 2.02. The van der Waals surface area contributed by atoms with Gasteiger partial charge in [0.25, 0.3) is 0 Å². The summed E-state index contributed by atoms with van der Waals surface area (Å²) in [5.74, 6) is 2.11. The molecule has 1 aliphatic heterocycles. The molecule has 1 N–H and O–H groups in total. The summed E-state index contributed by atoms with van der Waals surface area (Å²) in [6.07, 6.45) is 16.2. The fourth-order valence-electron chi connectivity index (χ4n) is 3.68. The van der Waals surface area contributed by atoms with Gasteiger partial charge >= 0.3 is 0 Å². The van der Waals surface area contributed by atoms with Crippen molar-refractivity contribution in [1.82, 2.24) is 5.32 Å². The van der Waals surface area contributed by atoms with Crippen LogP contribution in [0.3, 0.4) is 0 Å². The molecule has 3 unspecified atom stereocenters. The lowest BCUT2D eigenvalue weighted by molar-refractivity contribution is 0.0675. The van der Waals surface area contributed by atoms with Crippen molar-refractivity contribution in [2.75, 3.05) is 13.6 Å². The molecular formula is C20H33NOS. The zero-order valence-corrected chi connectivity index (χ0v) is 15.6. The SMILES string of the molecule is C=C(OC(CCNC)CC1CCCCC1)C1C=CSC1/C=C\C. The lowest BCUT2D eigenvalue weighted by Gasteiger charge is -2.29. The van der Waals surface area contributed by atoms with Crippen molar-refractivity contribution in [3.05, 3.63) is 36.0 Å². The van der Waals surface area contributed by atoms with Crippen molar-refractivity contribution in [3.63, 3.8) is 0 Å². The Balaban J connectivity index is 1.90. The topological polar surface area (TPSA) is 21.3 Å². The lowest BCUT2D eigenvalue weighted by Crippen LogP contribution is -2.26. The molecule has 0 aromatic heterocycles. The first kappa shape index (κ1) is 18.7. The van der Waals surface area contributed by atoms with Crippen molar-refractivity contribution >= 4 is 11.8 Å². The summed E-state index contributed by atoms with van der Waals surface area (Å²) in [6.45, 7) is 7.36. The second kappa shape index (κ2) is 10.2. The minimum Gasteiger partial charge on any atom is -0.495 e. The van der Waals surface area contributed by atoms with E-state index < -0.39 is 0 Å². The molecule has 0 spiro atoms. The van der Waals surface area contributed by atoms with Crippen LogP contribution in [0, 0.1) is 11.8 Å². The molecule has 2 aliphatic rings. The molecule has 1 saturated carbocycles. The number of rotatable bonds is 9. The molecule has 1 aliphatic carbocycles. The van der Waals surface area contributed by atoms with Crippen molar-refractivity contribution in [2.24, 2.45) is 11.8 Å². The first-order chi connectivity index (χ1) is 11.2. The van der Waals surface area contributed by atoms with Gasteiger partial charge in [-0.25, -0.2) is 0 Å². The minimum atomic E-state index is 0.309. The van der Waals surface area contributed by atoms with Crippen LogP contribution in [0.4, 0.5) is 0 Å². The maximum absolute atomic E-state index is 6.38. The van der Waals surface area contributed by atoms with Gasteiger partial charge < -0.3 is 10.1 Å². The lowest BCUT2D eigenvalue weighted by atomic mass is 9.85. The standard InChI is InChI=1S/C20H33NOS/c1-4-8-20-19(12-14-23-20)16(2)22-18(11-13-21-3)15-17-9-6-5-7-10-17/h4,8,12,14,17-21H,2,5-7,9-11,13,15H2,1,3H3/b8-4-. The summed E-state index contributed by atoms with van der Waals surface area (Å²) in [4.78, 5) is 0. The Labute approximate surface area is 146 Å². The average Bonchev–Trinajstić information content (AvgIpc) is 3.02. The fourth-order valence-corrected chi connectivity index (χ4v) is 4.78. The smallest absolute Gasteiger partial charge is 0.0997 e. The Kier molecular flexibility index (Phi) is 8.32. The van der Waals surface area contributed by atoms with Crippen molar-refractivity contribution in [3.8, 4) is 0 Å². The molecule has 0 saturated heterocycles. The normalized spacial score (nSPS) is 26.7. The van der Waals surface area contributed by atoms with E-state index >= 15 is 0 Å². The Bertz CT molecular complexity index is 412. The van der Waals surface area contributed by atoms with Crippen LogP contribution in [-0.2, 0) is 4.74 Å². The van der Waals surface area contributed by atoms with Gasteiger partial charge in [0.2, 0.25) is 0 Å². The van der Waals surface area contributed by atoms with E-state index in [1.807, 2.05) is 18.8 Å². The molecule has 3 atom stereocenters. The number of ether oxygens (including phenoxy) is 1. The second-order valence-electron chi connectivity index (χ2n) is 6.82. The van der Waals surface area contributed by atoms with Crippen LogP contribution in [0.25, 0.3) is 0 Å². The first-order valence-electron chi connectivity index (χ1n) is 9.19. The van der Waals surface area contributed by atoms with Crippen LogP contribution in [-0.4, -0.2) is 24.9 Å². The summed E-state index contributed by atoms with van der Waals surface area (Å²) >= 11 is 1.86. The molecule has 130 valence electrons. The van der Waals surface area contributed by atoms with E-state index in [9.17, 15) is 0 Å². The number of thioether (sulfide) groups is 1. The predicted octanol–water partition coefficient (Wildman–Crippen LogP) is 5.29. The van der Waals surface area contributed by atoms with Gasteiger partial charge in [0.15, 0.2) is 0 Å². The van der Waals surface area contributed by atoms with Gasteiger partial charge in [-0.1, -0.05) is 56.9 Å². The van der Waals surface area contributed by atoms with E-state index in [0.717, 1.165) is 24.6 Å². The van der Waals surface area contributed by atoms with Crippen molar-refractivity contribution in [1.29, 1.82) is 0 Å². The van der Waals surface area contributed by atoms with Gasteiger partial charge in [-0.15, -0.1) is 11.8 Å². The Morgan fingerprint density at radius 1 is 1.39 bits per heavy atom. The van der Waals surface area contributed by atoms with E-state index in [4.69, 9.17) is 4.74 Å². The van der Waals surface area contributed by atoms with E-state index in [-0.39, 0.29) is 0 Å². The highest BCUT2D eigenvalue weighted by Crippen LogP contribution is 2.37. The highest BCUT2D eigenvalue weighted by Gasteiger charge is 2.27. The van der Waals surface area contributed by atoms with Crippen LogP contribution in [0.1, 0.15) is 51.9 Å². The van der Waals surface area contributed by atoms with Crippen LogP contribution in [0.5, 0.6) is 0 Å². The third-order valence-corrected chi connectivity index (χ3v) is 6.06. The quantitative estimate of drug-likeness (QED) is 0.457. The van der Waals surface area contributed by atoms with Gasteiger partial charge in [0.1, 0.15) is 0 Å². The van der Waals surface area contributed by atoms with Crippen LogP contribution >= 0.6 is 11.8 Å². The maximum Gasteiger partial charge on any atom is 0.0997 e. The Morgan fingerprint density at radius 3 is 2.87 bits per heavy atom. The molecule has 0 radical (unpaired) electrons. The fraction of sp³-hybridized carbons (Fsp3) is 0.700. The summed E-state index contributed by atoms with van der Waals surface area (Å²) in [5, 5.41) is 5.91. The molecule has 1 fully saturated rings. The highest BCUT2D eigenvalue weighted by atomic mass is 32.2. The molecule has 0 amide bonds. The molecule has 2 nitrogen and oxygen atoms in total. The Morgan fingerprint density at radius 2 is 2.17 bits per heavy atom. The van der Waals surface area contributed by atoms with Crippen LogP contribution < -0.4 is 5.32 Å². The first-order valence-corrected chi connectivity index (χ1v) is 10.1. The third-order valence-electron chi connectivity index (χ3n) is 4.98. The monoisotopic (exact) mass is 335 g/mol. The largest absolute Gasteiger partial charge is 0.495 e. The van der Waals surface area contributed by atoms with E-state index in [2.05, 4.69) is 42.5 Å². The van der Waals surface area contributed by atoms with E-state index in [1.54, 1.807) is 0 Å². The minimum absolute atomic E-state index is 0.309. The van der Waals surface area contributed by atoms with Crippen molar-refractivity contribution < 1.29 is 4.74 Å². The number of hydrogen-bond acceptors (Lipinski definition) is 3. The average molecular weight is 336 g/mol. The molecular weight excluding hydrogens is 302 g/mol. The maximum atomic E-state index is 6.38. The molecule has 0 bridgehead atoms. The van der Waals surface area contributed by atoms with Gasteiger partial charge in [0, 0.05) is 5.25 Å². The molecule has 1 heterocycles. The van der Waals surface area contributed by atoms with E-state index in [0.29, 0.717) is 17.3 Å². The second-order valence-corrected chi connectivity index (χ2v) is 7.91. The third kappa shape index (κ3) is 6.04. The molecule has 23 heavy (non-hydrogen) atoms. The number of nitrogens with one attached hydrogen (secondary N) is 1. The Hall–Kier alpha value is -0.670. The predicted molar refractivity (Wildman–Crippen MR) is 103 cm³/mol. The molecule has 2 rings (SSSR count). The zero-order valence-electron chi connectivity index (χ0n) is 14.8. The van der Waals surface area contributed by atoms with Crippen molar-refractivity contribution in [2.45, 2.75) is 63.2 Å². The molecule has 0 aromatic carbocycles. The van der Waals surface area contributed by atoms with Gasteiger partial charge in [-0.3, -0.25) is 0 Å². The zero-order chi connectivity index (χ0) is 16.5. The van der Waals surface area contributed by atoms with Crippen LogP contribution in [0.15, 0.2) is 36.0 Å². The molecule has 3 heteroatoms. The summed E-state index contributed by atoms with van der Waals surface area (Å²) < 4.78 is 6.38. The van der Waals surface area contributed by atoms with Crippen LogP contribution in [0.2, 0.25) is 0 Å². The van der Waals surface area contributed by atoms with Gasteiger partial charge in [0.05, 0.1) is 17.8 Å². The van der Waals surface area contributed by atoms with E-state index in [1.165, 1.54) is 38.5 Å². The number of hydrogen-bond donors (Lipinski definition) is 1. The van der Waals surface area contributed by atoms with Gasteiger partial charge in [-0.2, -0.15) is 0 Å². The molecule has 0 aromatic rings. The summed E-state index contributed by atoms with van der Waals surface area (Å²) in [6, 6.07) is 0. The highest BCUT2D eigenvalue weighted by molar-refractivity contribution is 8.03.